The Balaban J connectivity index is 1.70. The lowest BCUT2D eigenvalue weighted by Gasteiger charge is -2.57. The van der Waals surface area contributed by atoms with Gasteiger partial charge in [-0.3, -0.25) is 5.10 Å². The minimum Gasteiger partial charge on any atom is -0.379 e. The zero-order valence-corrected chi connectivity index (χ0v) is 11.1. The van der Waals surface area contributed by atoms with Crippen molar-refractivity contribution < 1.29 is 4.74 Å². The van der Waals surface area contributed by atoms with Gasteiger partial charge in [0.05, 0.1) is 18.0 Å². The summed E-state index contributed by atoms with van der Waals surface area (Å²) in [6.45, 7) is 2.94. The molecule has 2 atom stereocenters. The average Bonchev–Trinajstić information content (AvgIpc) is 2.92. The maximum atomic E-state index is 5.96. The normalized spacial score (nSPS) is 30.1. The summed E-state index contributed by atoms with van der Waals surface area (Å²) in [7, 11) is 0. The van der Waals surface area contributed by atoms with Gasteiger partial charge in [0, 0.05) is 24.3 Å². The predicted molar refractivity (Wildman–Crippen MR) is 71.5 cm³/mol. The molecule has 2 saturated carbocycles. The van der Waals surface area contributed by atoms with Crippen LogP contribution in [0.3, 0.4) is 0 Å². The maximum absolute atomic E-state index is 5.96. The Morgan fingerprint density at radius 1 is 1.44 bits per heavy atom. The third-order valence-electron chi connectivity index (χ3n) is 4.78. The van der Waals surface area contributed by atoms with Crippen molar-refractivity contribution in [1.82, 2.24) is 10.2 Å². The number of anilines is 1. The summed E-state index contributed by atoms with van der Waals surface area (Å²) in [6, 6.07) is 0.562. The molecule has 2 fully saturated rings. The zero-order chi connectivity index (χ0) is 12.4. The zero-order valence-electron chi connectivity index (χ0n) is 11.1. The summed E-state index contributed by atoms with van der Waals surface area (Å²) in [5.41, 5.74) is 1.49. The van der Waals surface area contributed by atoms with Crippen LogP contribution in [-0.2, 0) is 4.74 Å². The highest BCUT2D eigenvalue weighted by Crippen LogP contribution is 2.54. The van der Waals surface area contributed by atoms with E-state index >= 15 is 0 Å². The number of ether oxygens (including phenoxy) is 1. The van der Waals surface area contributed by atoms with Gasteiger partial charge < -0.3 is 10.1 Å². The highest BCUT2D eigenvalue weighted by molar-refractivity contribution is 5.41. The SMILES string of the molecule is CCOC1CC(Nc2cn[nH]c2)C12CCCCC2. The molecule has 1 spiro atoms. The molecule has 1 aromatic heterocycles. The van der Waals surface area contributed by atoms with Crippen LogP contribution in [0.15, 0.2) is 12.4 Å². The van der Waals surface area contributed by atoms with Gasteiger partial charge in [0.2, 0.25) is 0 Å². The molecule has 2 N–H and O–H groups in total. The quantitative estimate of drug-likeness (QED) is 0.862. The summed E-state index contributed by atoms with van der Waals surface area (Å²) in [4.78, 5) is 0. The van der Waals surface area contributed by atoms with Crippen molar-refractivity contribution in [3.8, 4) is 0 Å². The van der Waals surface area contributed by atoms with E-state index in [9.17, 15) is 0 Å². The fraction of sp³-hybridized carbons (Fsp3) is 0.786. The number of hydrogen-bond donors (Lipinski definition) is 2. The lowest BCUT2D eigenvalue weighted by Crippen LogP contribution is -2.62. The first-order valence-electron chi connectivity index (χ1n) is 7.22. The first-order chi connectivity index (χ1) is 8.85. The molecule has 4 heteroatoms. The van der Waals surface area contributed by atoms with E-state index in [2.05, 4.69) is 22.4 Å². The number of aromatic amines is 1. The molecule has 1 heterocycles. The fourth-order valence-corrected chi connectivity index (χ4v) is 3.80. The van der Waals surface area contributed by atoms with Crippen LogP contribution in [0, 0.1) is 5.41 Å². The smallest absolute Gasteiger partial charge is 0.0726 e. The third-order valence-corrected chi connectivity index (χ3v) is 4.78. The van der Waals surface area contributed by atoms with Crippen LogP contribution in [0.25, 0.3) is 0 Å². The maximum Gasteiger partial charge on any atom is 0.0726 e. The predicted octanol–water partition coefficient (Wildman–Crippen LogP) is 2.95. The van der Waals surface area contributed by atoms with Crippen molar-refractivity contribution in [3.63, 3.8) is 0 Å². The molecular formula is C14H23N3O. The highest BCUT2D eigenvalue weighted by Gasteiger charge is 2.55. The van der Waals surface area contributed by atoms with Crippen LogP contribution >= 0.6 is 0 Å². The summed E-state index contributed by atoms with van der Waals surface area (Å²) in [5, 5.41) is 10.5. The van der Waals surface area contributed by atoms with E-state index in [1.807, 2.05) is 12.4 Å². The largest absolute Gasteiger partial charge is 0.379 e. The molecule has 0 amide bonds. The molecule has 4 nitrogen and oxygen atoms in total. The molecule has 0 saturated heterocycles. The number of rotatable bonds is 4. The van der Waals surface area contributed by atoms with E-state index in [0.717, 1.165) is 18.7 Å². The van der Waals surface area contributed by atoms with Crippen LogP contribution in [-0.4, -0.2) is 29.0 Å². The monoisotopic (exact) mass is 249 g/mol. The topological polar surface area (TPSA) is 49.9 Å². The molecule has 2 unspecified atom stereocenters. The third kappa shape index (κ3) is 1.92. The van der Waals surface area contributed by atoms with Crippen LogP contribution in [0.4, 0.5) is 5.69 Å². The van der Waals surface area contributed by atoms with Crippen molar-refractivity contribution in [2.75, 3.05) is 11.9 Å². The van der Waals surface area contributed by atoms with Crippen LogP contribution in [0.5, 0.6) is 0 Å². The van der Waals surface area contributed by atoms with Gasteiger partial charge in [-0.15, -0.1) is 0 Å². The molecule has 2 aliphatic rings. The molecule has 0 aromatic carbocycles. The minimum absolute atomic E-state index is 0.380. The van der Waals surface area contributed by atoms with Crippen molar-refractivity contribution in [3.05, 3.63) is 12.4 Å². The molecular weight excluding hydrogens is 226 g/mol. The van der Waals surface area contributed by atoms with Gasteiger partial charge in [0.15, 0.2) is 0 Å². The first-order valence-corrected chi connectivity index (χ1v) is 7.22. The standard InChI is InChI=1S/C14H23N3O/c1-2-18-13-8-12(17-11-9-15-16-10-11)14(13)6-4-3-5-7-14/h9-10,12-13,17H,2-8H2,1H3,(H,15,16). The number of hydrogen-bond acceptors (Lipinski definition) is 3. The number of H-pyrrole nitrogens is 1. The molecule has 3 rings (SSSR count). The second-order valence-corrected chi connectivity index (χ2v) is 5.66. The van der Waals surface area contributed by atoms with Gasteiger partial charge in [0.1, 0.15) is 0 Å². The van der Waals surface area contributed by atoms with Gasteiger partial charge in [-0.2, -0.15) is 5.10 Å². The second-order valence-electron chi connectivity index (χ2n) is 5.66. The fourth-order valence-electron chi connectivity index (χ4n) is 3.80. The number of aromatic nitrogens is 2. The summed E-state index contributed by atoms with van der Waals surface area (Å²) >= 11 is 0. The summed E-state index contributed by atoms with van der Waals surface area (Å²) in [5.74, 6) is 0. The Morgan fingerprint density at radius 2 is 2.28 bits per heavy atom. The van der Waals surface area contributed by atoms with E-state index in [-0.39, 0.29) is 0 Å². The van der Waals surface area contributed by atoms with Crippen molar-refractivity contribution in [2.45, 2.75) is 57.6 Å². The Hall–Kier alpha value is -1.03. The van der Waals surface area contributed by atoms with Crippen molar-refractivity contribution in [2.24, 2.45) is 5.41 Å². The molecule has 1 aromatic rings. The molecule has 0 radical (unpaired) electrons. The lowest BCUT2D eigenvalue weighted by atomic mass is 9.55. The van der Waals surface area contributed by atoms with Crippen LogP contribution in [0.1, 0.15) is 45.4 Å². The van der Waals surface area contributed by atoms with E-state index in [1.54, 1.807) is 0 Å². The lowest BCUT2D eigenvalue weighted by molar-refractivity contribution is -0.134. The van der Waals surface area contributed by atoms with Crippen molar-refractivity contribution >= 4 is 5.69 Å². The Bertz CT molecular complexity index is 370. The molecule has 2 aliphatic carbocycles. The second kappa shape index (κ2) is 4.92. The van der Waals surface area contributed by atoms with Gasteiger partial charge in [-0.05, 0) is 26.2 Å². The Kier molecular flexibility index (Phi) is 3.29. The summed E-state index contributed by atoms with van der Waals surface area (Å²) in [6.07, 6.45) is 12.1. The van der Waals surface area contributed by atoms with Gasteiger partial charge in [-0.25, -0.2) is 0 Å². The van der Waals surface area contributed by atoms with Gasteiger partial charge in [0.25, 0.3) is 0 Å². The highest BCUT2D eigenvalue weighted by atomic mass is 16.5. The Morgan fingerprint density at radius 3 is 2.94 bits per heavy atom. The van der Waals surface area contributed by atoms with E-state index in [1.165, 1.54) is 32.1 Å². The van der Waals surface area contributed by atoms with Gasteiger partial charge >= 0.3 is 0 Å². The summed E-state index contributed by atoms with van der Waals surface area (Å²) < 4.78 is 5.96. The van der Waals surface area contributed by atoms with Crippen molar-refractivity contribution in [1.29, 1.82) is 0 Å². The number of nitrogens with one attached hydrogen (secondary N) is 2. The molecule has 100 valence electrons. The molecule has 18 heavy (non-hydrogen) atoms. The van der Waals surface area contributed by atoms with Crippen LogP contribution in [0.2, 0.25) is 0 Å². The van der Waals surface area contributed by atoms with E-state index in [0.29, 0.717) is 17.6 Å². The first kappa shape index (κ1) is 12.0. The Labute approximate surface area is 108 Å². The van der Waals surface area contributed by atoms with E-state index in [4.69, 9.17) is 4.74 Å². The molecule has 0 bridgehead atoms. The van der Waals surface area contributed by atoms with E-state index < -0.39 is 0 Å². The van der Waals surface area contributed by atoms with Gasteiger partial charge in [-0.1, -0.05) is 19.3 Å². The average molecular weight is 249 g/mol. The van der Waals surface area contributed by atoms with Crippen LogP contribution < -0.4 is 5.32 Å². The number of nitrogens with zero attached hydrogens (tertiary/aromatic N) is 1. The molecule has 0 aliphatic heterocycles. The minimum atomic E-state index is 0.380.